The van der Waals surface area contributed by atoms with Crippen molar-refractivity contribution in [2.24, 2.45) is 0 Å². The van der Waals surface area contributed by atoms with Crippen molar-refractivity contribution in [3.63, 3.8) is 0 Å². The van der Waals surface area contributed by atoms with E-state index in [4.69, 9.17) is 4.74 Å². The molecule has 4 amide bonds. The number of nitrogens with zero attached hydrogens (tertiary/aromatic N) is 3. The third-order valence-electron chi connectivity index (χ3n) is 3.76. The van der Waals surface area contributed by atoms with E-state index in [9.17, 15) is 29.3 Å². The van der Waals surface area contributed by atoms with Crippen molar-refractivity contribution >= 4 is 24.1 Å². The molecule has 0 bridgehead atoms. The second-order valence-electron chi connectivity index (χ2n) is 5.33. The largest absolute Gasteiger partial charge is 0.383 e. The van der Waals surface area contributed by atoms with Gasteiger partial charge in [-0.05, 0) is 24.6 Å². The lowest BCUT2D eigenvalue weighted by Crippen LogP contribution is -2.33. The second kappa shape index (κ2) is 7.70. The van der Waals surface area contributed by atoms with Crippen LogP contribution in [0.3, 0.4) is 0 Å². The molecule has 2 rings (SSSR count). The molecular weight excluding hydrogens is 350 g/mol. The molecule has 1 aromatic rings. The monoisotopic (exact) mass is 365 g/mol. The highest BCUT2D eigenvalue weighted by molar-refractivity contribution is 6.22. The summed E-state index contributed by atoms with van der Waals surface area (Å²) in [4.78, 5) is 63.8. The maximum atomic E-state index is 12.4. The van der Waals surface area contributed by atoms with E-state index in [0.717, 1.165) is 4.90 Å². The molecular formula is C15H15N3O8. The van der Waals surface area contributed by atoms with Crippen LogP contribution in [-0.4, -0.2) is 66.0 Å². The van der Waals surface area contributed by atoms with Gasteiger partial charge in [-0.1, -0.05) is 0 Å². The van der Waals surface area contributed by atoms with Gasteiger partial charge in [-0.2, -0.15) is 0 Å². The molecule has 0 saturated heterocycles. The molecule has 11 nitrogen and oxygen atoms in total. The fourth-order valence-corrected chi connectivity index (χ4v) is 2.46. The predicted octanol–water partition coefficient (Wildman–Crippen LogP) is 0.00182. The maximum Gasteiger partial charge on any atom is 0.296 e. The molecule has 1 aliphatic rings. The SMILES string of the molecule is COCCN1C(=O)c2cc(C)c(C(=O)N(C=O)CO[N+](=O)[O-])cc2C1=O. The van der Waals surface area contributed by atoms with Crippen LogP contribution in [0, 0.1) is 17.0 Å². The standard InChI is InChI=1S/C15H15N3O8/c1-9-5-11-12(15(22)17(14(11)21)3-4-25-2)6-10(9)13(20)16(7-19)8-26-18(23)24/h5-7H,3-4,8H2,1-2H3. The number of aryl methyl sites for hydroxylation is 1. The van der Waals surface area contributed by atoms with Crippen LogP contribution in [0.4, 0.5) is 0 Å². The summed E-state index contributed by atoms with van der Waals surface area (Å²) in [6, 6.07) is 2.57. The van der Waals surface area contributed by atoms with Gasteiger partial charge in [0.15, 0.2) is 6.73 Å². The van der Waals surface area contributed by atoms with Gasteiger partial charge in [-0.25, -0.2) is 0 Å². The number of benzene rings is 1. The highest BCUT2D eigenvalue weighted by atomic mass is 17.0. The van der Waals surface area contributed by atoms with E-state index >= 15 is 0 Å². The Kier molecular flexibility index (Phi) is 5.62. The minimum atomic E-state index is -1.14. The number of hydrogen-bond acceptors (Lipinski definition) is 8. The van der Waals surface area contributed by atoms with E-state index in [1.807, 2.05) is 0 Å². The van der Waals surface area contributed by atoms with E-state index < -0.39 is 29.5 Å². The average molecular weight is 365 g/mol. The molecule has 1 heterocycles. The zero-order chi connectivity index (χ0) is 19.4. The van der Waals surface area contributed by atoms with Crippen LogP contribution in [-0.2, 0) is 14.4 Å². The smallest absolute Gasteiger partial charge is 0.296 e. The van der Waals surface area contributed by atoms with E-state index in [-0.39, 0.29) is 36.3 Å². The summed E-state index contributed by atoms with van der Waals surface area (Å²) in [7, 11) is 1.43. The van der Waals surface area contributed by atoms with Gasteiger partial charge >= 0.3 is 0 Å². The predicted molar refractivity (Wildman–Crippen MR) is 83.6 cm³/mol. The van der Waals surface area contributed by atoms with Crippen molar-refractivity contribution < 1.29 is 33.8 Å². The maximum absolute atomic E-state index is 12.4. The third-order valence-corrected chi connectivity index (χ3v) is 3.76. The van der Waals surface area contributed by atoms with E-state index in [1.54, 1.807) is 0 Å². The van der Waals surface area contributed by atoms with Crippen LogP contribution in [0.1, 0.15) is 36.6 Å². The Bertz CT molecular complexity index is 791. The summed E-state index contributed by atoms with van der Waals surface area (Å²) in [6.07, 6.45) is 0.0797. The van der Waals surface area contributed by atoms with Gasteiger partial charge in [0.05, 0.1) is 24.3 Å². The van der Waals surface area contributed by atoms with E-state index in [2.05, 4.69) is 4.84 Å². The van der Waals surface area contributed by atoms with Crippen LogP contribution in [0.2, 0.25) is 0 Å². The van der Waals surface area contributed by atoms with Crippen molar-refractivity contribution in [1.82, 2.24) is 9.80 Å². The molecule has 11 heteroatoms. The minimum Gasteiger partial charge on any atom is -0.383 e. The van der Waals surface area contributed by atoms with Gasteiger partial charge in [0.25, 0.3) is 22.8 Å². The van der Waals surface area contributed by atoms with E-state index in [1.165, 1.54) is 26.2 Å². The lowest BCUT2D eigenvalue weighted by Gasteiger charge is -2.15. The first-order valence-electron chi connectivity index (χ1n) is 7.35. The zero-order valence-corrected chi connectivity index (χ0v) is 14.0. The van der Waals surface area contributed by atoms with Crippen LogP contribution < -0.4 is 0 Å². The van der Waals surface area contributed by atoms with Crippen molar-refractivity contribution in [3.05, 3.63) is 44.5 Å². The number of rotatable bonds is 8. The van der Waals surface area contributed by atoms with Crippen molar-refractivity contribution in [3.8, 4) is 0 Å². The van der Waals surface area contributed by atoms with Crippen molar-refractivity contribution in [2.45, 2.75) is 6.92 Å². The fourth-order valence-electron chi connectivity index (χ4n) is 2.46. The minimum absolute atomic E-state index is 0.0149. The second-order valence-corrected chi connectivity index (χ2v) is 5.33. The number of methoxy groups -OCH3 is 1. The van der Waals surface area contributed by atoms with Crippen LogP contribution in [0.5, 0.6) is 0 Å². The van der Waals surface area contributed by atoms with Crippen molar-refractivity contribution in [1.29, 1.82) is 0 Å². The number of ether oxygens (including phenoxy) is 1. The Balaban J connectivity index is 2.34. The lowest BCUT2D eigenvalue weighted by atomic mass is 9.99. The van der Waals surface area contributed by atoms with Gasteiger partial charge in [0.1, 0.15) is 0 Å². The Morgan fingerprint density at radius 3 is 2.46 bits per heavy atom. The van der Waals surface area contributed by atoms with Crippen LogP contribution in [0.15, 0.2) is 12.1 Å². The molecule has 0 saturated carbocycles. The third kappa shape index (κ3) is 3.52. The number of amides is 4. The van der Waals surface area contributed by atoms with Gasteiger partial charge < -0.3 is 4.74 Å². The van der Waals surface area contributed by atoms with Gasteiger partial charge in [-0.3, -0.25) is 33.8 Å². The molecule has 0 fully saturated rings. The Hall–Kier alpha value is -3.34. The van der Waals surface area contributed by atoms with Gasteiger partial charge in [-0.15, -0.1) is 10.1 Å². The van der Waals surface area contributed by atoms with Gasteiger partial charge in [0.2, 0.25) is 6.41 Å². The van der Waals surface area contributed by atoms with Crippen LogP contribution >= 0.6 is 0 Å². The highest BCUT2D eigenvalue weighted by Gasteiger charge is 2.36. The normalized spacial score (nSPS) is 12.8. The molecule has 0 aliphatic carbocycles. The average Bonchev–Trinajstić information content (AvgIpc) is 2.82. The first-order valence-corrected chi connectivity index (χ1v) is 7.35. The molecule has 0 N–H and O–H groups in total. The van der Waals surface area contributed by atoms with Crippen LogP contribution in [0.25, 0.3) is 0 Å². The Morgan fingerprint density at radius 2 is 1.92 bits per heavy atom. The molecule has 1 aliphatic heterocycles. The Labute approximate surface area is 147 Å². The summed E-state index contributed by atoms with van der Waals surface area (Å²) in [5, 5.41) is 9.09. The summed E-state index contributed by atoms with van der Waals surface area (Å²) in [6.45, 7) is 0.842. The van der Waals surface area contributed by atoms with E-state index in [0.29, 0.717) is 10.5 Å². The fraction of sp³-hybridized carbons (Fsp3) is 0.333. The molecule has 0 atom stereocenters. The number of carbonyl (C=O) groups is 4. The number of carbonyl (C=O) groups excluding carboxylic acids is 4. The number of imide groups is 2. The topological polar surface area (TPSA) is 136 Å². The quantitative estimate of drug-likeness (QED) is 0.206. The summed E-state index contributed by atoms with van der Waals surface area (Å²) < 4.78 is 4.86. The number of fused-ring (bicyclic) bond motifs is 1. The Morgan fingerprint density at radius 1 is 1.31 bits per heavy atom. The molecule has 26 heavy (non-hydrogen) atoms. The molecule has 1 aromatic carbocycles. The zero-order valence-electron chi connectivity index (χ0n) is 14.0. The molecule has 0 unspecified atom stereocenters. The molecule has 138 valence electrons. The molecule has 0 spiro atoms. The van der Waals surface area contributed by atoms with Gasteiger partial charge in [0, 0.05) is 12.7 Å². The summed E-state index contributed by atoms with van der Waals surface area (Å²) in [5.74, 6) is -1.99. The lowest BCUT2D eigenvalue weighted by molar-refractivity contribution is -0.761. The molecule has 0 radical (unpaired) electrons. The summed E-state index contributed by atoms with van der Waals surface area (Å²) >= 11 is 0. The first kappa shape index (κ1) is 19.0. The van der Waals surface area contributed by atoms with Crippen molar-refractivity contribution in [2.75, 3.05) is 27.0 Å². The number of hydrogen-bond donors (Lipinski definition) is 0. The molecule has 0 aromatic heterocycles. The highest BCUT2D eigenvalue weighted by Crippen LogP contribution is 2.26. The first-order chi connectivity index (χ1) is 12.3. The summed E-state index contributed by atoms with van der Waals surface area (Å²) in [5.41, 5.74) is 0.439.